The molecule has 1 atom stereocenters. The molecule has 0 fully saturated rings. The molecule has 0 aliphatic heterocycles. The second kappa shape index (κ2) is 7.72. The molecule has 6 nitrogen and oxygen atoms in total. The van der Waals surface area contributed by atoms with Crippen molar-refractivity contribution in [2.45, 2.75) is 19.4 Å². The molecular weight excluding hydrogens is 286 g/mol. The molecule has 0 spiro atoms. The van der Waals surface area contributed by atoms with Gasteiger partial charge in [-0.3, -0.25) is 4.79 Å². The van der Waals surface area contributed by atoms with Gasteiger partial charge < -0.3 is 20.3 Å². The van der Waals surface area contributed by atoms with E-state index in [0.29, 0.717) is 10.8 Å². The molecule has 7 heteroatoms. The van der Waals surface area contributed by atoms with Crippen LogP contribution < -0.4 is 10.1 Å². The third-order valence-electron chi connectivity index (χ3n) is 2.55. The van der Waals surface area contributed by atoms with Gasteiger partial charge in [0.15, 0.2) is 6.61 Å². The number of amides is 1. The smallest absolute Gasteiger partial charge is 0.326 e. The van der Waals surface area contributed by atoms with Gasteiger partial charge in [-0.25, -0.2) is 4.79 Å². The van der Waals surface area contributed by atoms with Gasteiger partial charge >= 0.3 is 5.97 Å². The summed E-state index contributed by atoms with van der Waals surface area (Å²) in [7, 11) is 0. The highest BCUT2D eigenvalue weighted by Crippen LogP contribution is 2.21. The topological polar surface area (TPSA) is 95.9 Å². The number of ether oxygens (including phenoxy) is 1. The third-order valence-corrected chi connectivity index (χ3v) is 2.78. The van der Waals surface area contributed by atoms with E-state index in [9.17, 15) is 9.59 Å². The van der Waals surface area contributed by atoms with Crippen molar-refractivity contribution in [3.8, 4) is 5.75 Å². The molecule has 0 saturated heterocycles. The van der Waals surface area contributed by atoms with E-state index in [2.05, 4.69) is 5.32 Å². The minimum Gasteiger partial charge on any atom is -0.484 e. The normalized spacial score (nSPS) is 11.8. The van der Waals surface area contributed by atoms with Crippen LogP contribution in [0, 0.1) is 6.92 Å². The Morgan fingerprint density at radius 2 is 2.15 bits per heavy atom. The van der Waals surface area contributed by atoms with E-state index in [4.69, 9.17) is 26.6 Å². The van der Waals surface area contributed by atoms with E-state index in [1.165, 1.54) is 0 Å². The van der Waals surface area contributed by atoms with Crippen LogP contribution in [0.1, 0.15) is 12.0 Å². The average molecular weight is 302 g/mol. The monoisotopic (exact) mass is 301 g/mol. The lowest BCUT2D eigenvalue weighted by Gasteiger charge is -2.14. The van der Waals surface area contributed by atoms with Crippen LogP contribution in [0.3, 0.4) is 0 Å². The maximum Gasteiger partial charge on any atom is 0.326 e. The molecular formula is C13H16ClNO5. The number of hydrogen-bond donors (Lipinski definition) is 3. The van der Waals surface area contributed by atoms with Crippen molar-refractivity contribution in [2.24, 2.45) is 0 Å². The number of nitrogens with one attached hydrogen (secondary N) is 1. The zero-order valence-corrected chi connectivity index (χ0v) is 11.7. The molecule has 0 heterocycles. The number of aliphatic carboxylic acids is 1. The zero-order chi connectivity index (χ0) is 15.1. The zero-order valence-electron chi connectivity index (χ0n) is 10.9. The van der Waals surface area contributed by atoms with Crippen LogP contribution in [0.25, 0.3) is 0 Å². The van der Waals surface area contributed by atoms with Crippen molar-refractivity contribution in [3.05, 3.63) is 28.8 Å². The Bertz CT molecular complexity index is 492. The van der Waals surface area contributed by atoms with Gasteiger partial charge in [-0.05, 0) is 30.7 Å². The van der Waals surface area contributed by atoms with Crippen molar-refractivity contribution in [3.63, 3.8) is 0 Å². The Morgan fingerprint density at radius 3 is 2.70 bits per heavy atom. The molecule has 1 rings (SSSR count). The number of halogens is 1. The standard InChI is InChI=1S/C13H16ClNO5/c1-8-6-9(14)2-3-11(8)20-7-12(17)15-10(4-5-16)13(18)19/h2-3,6,10,16H,4-5,7H2,1H3,(H,15,17)(H,18,19)/t10-/m1/s1. The Labute approximate surface area is 121 Å². The first-order chi connectivity index (χ1) is 9.43. The summed E-state index contributed by atoms with van der Waals surface area (Å²) in [6, 6.07) is 3.84. The molecule has 1 amide bonds. The summed E-state index contributed by atoms with van der Waals surface area (Å²) in [6.07, 6.45) is -0.0545. The molecule has 0 saturated carbocycles. The summed E-state index contributed by atoms with van der Waals surface area (Å²) >= 11 is 5.79. The quantitative estimate of drug-likeness (QED) is 0.697. The van der Waals surface area contributed by atoms with E-state index in [1.54, 1.807) is 25.1 Å². The Hall–Kier alpha value is -1.79. The van der Waals surface area contributed by atoms with Gasteiger partial charge in [0.2, 0.25) is 0 Å². The van der Waals surface area contributed by atoms with E-state index in [1.807, 2.05) is 0 Å². The highest BCUT2D eigenvalue weighted by atomic mass is 35.5. The molecule has 1 aromatic rings. The number of aliphatic hydroxyl groups excluding tert-OH is 1. The van der Waals surface area contributed by atoms with E-state index >= 15 is 0 Å². The van der Waals surface area contributed by atoms with Gasteiger partial charge in [-0.2, -0.15) is 0 Å². The average Bonchev–Trinajstić information content (AvgIpc) is 2.37. The molecule has 110 valence electrons. The second-order valence-electron chi connectivity index (χ2n) is 4.17. The maximum atomic E-state index is 11.6. The highest BCUT2D eigenvalue weighted by molar-refractivity contribution is 6.30. The number of aliphatic hydroxyl groups is 1. The lowest BCUT2D eigenvalue weighted by atomic mass is 10.2. The van der Waals surface area contributed by atoms with Crippen molar-refractivity contribution >= 4 is 23.5 Å². The van der Waals surface area contributed by atoms with Gasteiger partial charge in [-0.15, -0.1) is 0 Å². The minimum atomic E-state index is -1.20. The predicted molar refractivity (Wildman–Crippen MR) is 73.0 cm³/mol. The van der Waals surface area contributed by atoms with E-state index < -0.39 is 17.9 Å². The first-order valence-electron chi connectivity index (χ1n) is 5.96. The fourth-order valence-electron chi connectivity index (χ4n) is 1.54. The predicted octanol–water partition coefficient (Wildman–Crippen LogP) is 0.979. The molecule has 0 radical (unpaired) electrons. The van der Waals surface area contributed by atoms with Crippen LogP contribution in [0.4, 0.5) is 0 Å². The summed E-state index contributed by atoms with van der Waals surface area (Å²) in [5.74, 6) is -1.27. The lowest BCUT2D eigenvalue weighted by molar-refractivity contribution is -0.142. The molecule has 0 aromatic heterocycles. The fourth-order valence-corrected chi connectivity index (χ4v) is 1.77. The summed E-state index contributed by atoms with van der Waals surface area (Å²) in [5.41, 5.74) is 0.774. The Kier molecular flexibility index (Phi) is 6.27. The van der Waals surface area contributed by atoms with Crippen LogP contribution in [-0.4, -0.2) is 41.3 Å². The number of carbonyl (C=O) groups excluding carboxylic acids is 1. The summed E-state index contributed by atoms with van der Waals surface area (Å²) in [6.45, 7) is 1.15. The number of carboxylic acids is 1. The van der Waals surface area contributed by atoms with Gasteiger partial charge in [0.25, 0.3) is 5.91 Å². The number of benzene rings is 1. The number of carbonyl (C=O) groups is 2. The van der Waals surface area contributed by atoms with E-state index in [-0.39, 0.29) is 19.6 Å². The van der Waals surface area contributed by atoms with Gasteiger partial charge in [-0.1, -0.05) is 11.6 Å². The summed E-state index contributed by atoms with van der Waals surface area (Å²) < 4.78 is 5.29. The van der Waals surface area contributed by atoms with Crippen molar-refractivity contribution in [1.82, 2.24) is 5.32 Å². The number of aryl methyl sites for hydroxylation is 1. The maximum absolute atomic E-state index is 11.6. The van der Waals surface area contributed by atoms with Crippen LogP contribution in [0.15, 0.2) is 18.2 Å². The molecule has 3 N–H and O–H groups in total. The molecule has 0 aliphatic rings. The number of carboxylic acid groups (broad SMARTS) is 1. The van der Waals surface area contributed by atoms with Gasteiger partial charge in [0.1, 0.15) is 11.8 Å². The molecule has 1 aromatic carbocycles. The fraction of sp³-hybridized carbons (Fsp3) is 0.385. The van der Waals surface area contributed by atoms with Crippen LogP contribution in [0.5, 0.6) is 5.75 Å². The minimum absolute atomic E-state index is 0.0545. The molecule has 0 bridgehead atoms. The first kappa shape index (κ1) is 16.3. The van der Waals surface area contributed by atoms with Gasteiger partial charge in [0, 0.05) is 18.1 Å². The SMILES string of the molecule is Cc1cc(Cl)ccc1OCC(=O)N[C@H](CCO)C(=O)O. The van der Waals surface area contributed by atoms with Crippen molar-refractivity contribution < 1.29 is 24.5 Å². The van der Waals surface area contributed by atoms with Crippen molar-refractivity contribution in [1.29, 1.82) is 0 Å². The lowest BCUT2D eigenvalue weighted by Crippen LogP contribution is -2.43. The van der Waals surface area contributed by atoms with E-state index in [0.717, 1.165) is 5.56 Å². The second-order valence-corrected chi connectivity index (χ2v) is 4.61. The van der Waals surface area contributed by atoms with Crippen LogP contribution >= 0.6 is 11.6 Å². The first-order valence-corrected chi connectivity index (χ1v) is 6.34. The van der Waals surface area contributed by atoms with Gasteiger partial charge in [0.05, 0.1) is 0 Å². The number of rotatable bonds is 7. The molecule has 0 unspecified atom stereocenters. The van der Waals surface area contributed by atoms with Crippen molar-refractivity contribution in [2.75, 3.05) is 13.2 Å². The number of hydrogen-bond acceptors (Lipinski definition) is 4. The molecule has 20 heavy (non-hydrogen) atoms. The Balaban J connectivity index is 2.52. The van der Waals surface area contributed by atoms with Crippen LogP contribution in [-0.2, 0) is 9.59 Å². The van der Waals surface area contributed by atoms with Crippen LogP contribution in [0.2, 0.25) is 5.02 Å². The molecule has 0 aliphatic carbocycles. The third kappa shape index (κ3) is 5.07. The highest BCUT2D eigenvalue weighted by Gasteiger charge is 2.19. The summed E-state index contributed by atoms with van der Waals surface area (Å²) in [5, 5.41) is 20.4. The largest absolute Gasteiger partial charge is 0.484 e. The Morgan fingerprint density at radius 1 is 1.45 bits per heavy atom. The summed E-state index contributed by atoms with van der Waals surface area (Å²) in [4.78, 5) is 22.4.